The Morgan fingerprint density at radius 3 is 2.58 bits per heavy atom. The number of carbonyl (C=O) groups excluding carboxylic acids is 1. The molecule has 0 unspecified atom stereocenters. The molecule has 3 rings (SSSR count). The third-order valence-corrected chi connectivity index (χ3v) is 4.32. The van der Waals surface area contributed by atoms with Crippen molar-refractivity contribution in [3.8, 4) is 11.5 Å². The molecule has 1 aromatic heterocycles. The smallest absolute Gasteiger partial charge is 0.247 e. The second-order valence-corrected chi connectivity index (χ2v) is 6.09. The lowest BCUT2D eigenvalue weighted by Gasteiger charge is -2.34. The molecular weight excluding hydrogens is 304 g/mol. The Labute approximate surface area is 142 Å². The summed E-state index contributed by atoms with van der Waals surface area (Å²) in [6.45, 7) is 6.38. The molecule has 1 saturated heterocycles. The van der Waals surface area contributed by atoms with E-state index in [9.17, 15) is 4.79 Å². The normalized spacial score (nSPS) is 15.6. The number of nitrogens with zero attached hydrogens (tertiary/aromatic N) is 4. The van der Waals surface area contributed by atoms with Crippen molar-refractivity contribution < 1.29 is 9.21 Å². The molecule has 0 saturated carbocycles. The van der Waals surface area contributed by atoms with Gasteiger partial charge in [0.25, 0.3) is 0 Å². The van der Waals surface area contributed by atoms with Gasteiger partial charge in [-0.25, -0.2) is 0 Å². The van der Waals surface area contributed by atoms with Gasteiger partial charge in [-0.3, -0.25) is 9.69 Å². The molecule has 0 N–H and O–H groups in total. The first-order valence-corrected chi connectivity index (χ1v) is 8.64. The van der Waals surface area contributed by atoms with Crippen LogP contribution < -0.4 is 0 Å². The van der Waals surface area contributed by atoms with E-state index < -0.39 is 0 Å². The molecule has 6 nitrogen and oxygen atoms in total. The van der Waals surface area contributed by atoms with Crippen molar-refractivity contribution in [3.63, 3.8) is 0 Å². The number of hydrogen-bond donors (Lipinski definition) is 0. The number of piperazine rings is 1. The Morgan fingerprint density at radius 1 is 1.12 bits per heavy atom. The Balaban J connectivity index is 1.46. The van der Waals surface area contributed by atoms with Crippen molar-refractivity contribution in [1.82, 2.24) is 20.0 Å². The van der Waals surface area contributed by atoms with Crippen molar-refractivity contribution in [3.05, 3.63) is 36.2 Å². The van der Waals surface area contributed by atoms with Gasteiger partial charge in [-0.15, -0.1) is 10.2 Å². The van der Waals surface area contributed by atoms with Crippen LogP contribution in [0, 0.1) is 0 Å². The fourth-order valence-corrected chi connectivity index (χ4v) is 2.90. The lowest BCUT2D eigenvalue weighted by Crippen LogP contribution is -2.49. The van der Waals surface area contributed by atoms with E-state index >= 15 is 0 Å². The maximum Gasteiger partial charge on any atom is 0.247 e. The van der Waals surface area contributed by atoms with E-state index in [1.807, 2.05) is 42.2 Å². The number of carbonyl (C=O) groups is 1. The summed E-state index contributed by atoms with van der Waals surface area (Å²) in [5, 5.41) is 8.25. The number of benzene rings is 1. The van der Waals surface area contributed by atoms with Crippen LogP contribution in [-0.2, 0) is 11.2 Å². The van der Waals surface area contributed by atoms with Crippen molar-refractivity contribution >= 4 is 5.91 Å². The summed E-state index contributed by atoms with van der Waals surface area (Å²) in [5.41, 5.74) is 0.944. The molecule has 0 aliphatic carbocycles. The summed E-state index contributed by atoms with van der Waals surface area (Å²) >= 11 is 0. The van der Waals surface area contributed by atoms with Crippen molar-refractivity contribution in [2.45, 2.75) is 26.2 Å². The predicted molar refractivity (Wildman–Crippen MR) is 91.4 cm³/mol. The molecule has 1 aromatic carbocycles. The lowest BCUT2D eigenvalue weighted by molar-refractivity contribution is -0.132. The van der Waals surface area contributed by atoms with Crippen LogP contribution in [0.5, 0.6) is 0 Å². The van der Waals surface area contributed by atoms with Crippen LogP contribution >= 0.6 is 0 Å². The molecule has 2 aromatic rings. The number of rotatable bonds is 6. The third-order valence-electron chi connectivity index (χ3n) is 4.32. The molecule has 2 heterocycles. The van der Waals surface area contributed by atoms with E-state index in [1.165, 1.54) is 0 Å². The molecule has 128 valence electrons. The zero-order valence-electron chi connectivity index (χ0n) is 14.1. The second kappa shape index (κ2) is 8.06. The molecule has 1 fully saturated rings. The molecule has 6 heteroatoms. The first-order valence-electron chi connectivity index (χ1n) is 8.64. The van der Waals surface area contributed by atoms with Gasteiger partial charge in [0.05, 0.1) is 0 Å². The van der Waals surface area contributed by atoms with E-state index in [1.54, 1.807) is 0 Å². The van der Waals surface area contributed by atoms with Crippen molar-refractivity contribution in [2.24, 2.45) is 0 Å². The predicted octanol–water partition coefficient (Wildman–Crippen LogP) is 2.22. The van der Waals surface area contributed by atoms with Crippen LogP contribution in [0.2, 0.25) is 0 Å². The molecule has 1 amide bonds. The van der Waals surface area contributed by atoms with E-state index in [2.05, 4.69) is 15.1 Å². The Morgan fingerprint density at radius 2 is 1.88 bits per heavy atom. The fraction of sp³-hybridized carbons (Fsp3) is 0.500. The van der Waals surface area contributed by atoms with Gasteiger partial charge in [-0.2, -0.15) is 0 Å². The maximum absolute atomic E-state index is 11.9. The average molecular weight is 328 g/mol. The summed E-state index contributed by atoms with van der Waals surface area (Å²) in [7, 11) is 0. The van der Waals surface area contributed by atoms with Gasteiger partial charge in [0.1, 0.15) is 0 Å². The topological polar surface area (TPSA) is 62.5 Å². The number of amides is 1. The molecule has 0 radical (unpaired) electrons. The van der Waals surface area contributed by atoms with E-state index in [0.29, 0.717) is 18.2 Å². The van der Waals surface area contributed by atoms with Crippen LogP contribution in [0.15, 0.2) is 34.7 Å². The molecule has 1 aliphatic rings. The van der Waals surface area contributed by atoms with E-state index in [-0.39, 0.29) is 5.91 Å². The van der Waals surface area contributed by atoms with Crippen molar-refractivity contribution in [1.29, 1.82) is 0 Å². The van der Waals surface area contributed by atoms with E-state index in [0.717, 1.165) is 51.1 Å². The zero-order valence-corrected chi connectivity index (χ0v) is 14.1. The highest BCUT2D eigenvalue weighted by molar-refractivity contribution is 5.76. The van der Waals surface area contributed by atoms with Crippen LogP contribution in [0.4, 0.5) is 0 Å². The molecule has 0 spiro atoms. The standard InChI is InChI=1S/C18H24N4O2/c1-2-6-17(23)22-13-11-21(12-14-22)10-9-16-19-20-18(24-16)15-7-4-3-5-8-15/h3-5,7-8H,2,6,9-14H2,1H3. The number of aromatic nitrogens is 2. The quantitative estimate of drug-likeness (QED) is 0.814. The fourth-order valence-electron chi connectivity index (χ4n) is 2.90. The lowest BCUT2D eigenvalue weighted by atomic mass is 10.2. The SMILES string of the molecule is CCCC(=O)N1CCN(CCc2nnc(-c3ccccc3)o2)CC1. The second-order valence-electron chi connectivity index (χ2n) is 6.09. The minimum absolute atomic E-state index is 0.279. The minimum atomic E-state index is 0.279. The zero-order chi connectivity index (χ0) is 16.8. The largest absolute Gasteiger partial charge is 0.421 e. The van der Waals surface area contributed by atoms with Crippen LogP contribution in [0.3, 0.4) is 0 Å². The Hall–Kier alpha value is -2.21. The van der Waals surface area contributed by atoms with Crippen molar-refractivity contribution in [2.75, 3.05) is 32.7 Å². The molecular formula is C18H24N4O2. The summed E-state index contributed by atoms with van der Waals surface area (Å²) < 4.78 is 5.74. The highest BCUT2D eigenvalue weighted by atomic mass is 16.4. The summed E-state index contributed by atoms with van der Waals surface area (Å²) in [4.78, 5) is 16.2. The third kappa shape index (κ3) is 4.20. The van der Waals surface area contributed by atoms with Gasteiger partial charge in [0.15, 0.2) is 0 Å². The first-order chi connectivity index (χ1) is 11.8. The summed E-state index contributed by atoms with van der Waals surface area (Å²) in [6.07, 6.45) is 2.31. The Kier molecular flexibility index (Phi) is 5.59. The Bertz CT molecular complexity index is 648. The van der Waals surface area contributed by atoms with Gasteiger partial charge < -0.3 is 9.32 Å². The highest BCUT2D eigenvalue weighted by Crippen LogP contribution is 2.17. The first kappa shape index (κ1) is 16.6. The highest BCUT2D eigenvalue weighted by Gasteiger charge is 2.20. The molecule has 0 atom stereocenters. The summed E-state index contributed by atoms with van der Waals surface area (Å²) in [5.74, 6) is 1.51. The van der Waals surface area contributed by atoms with Gasteiger partial charge in [0, 0.05) is 51.1 Å². The van der Waals surface area contributed by atoms with Gasteiger partial charge >= 0.3 is 0 Å². The molecule has 24 heavy (non-hydrogen) atoms. The van der Waals surface area contributed by atoms with E-state index in [4.69, 9.17) is 4.42 Å². The average Bonchev–Trinajstić information content (AvgIpc) is 3.10. The van der Waals surface area contributed by atoms with Crippen LogP contribution in [-0.4, -0.2) is 58.6 Å². The van der Waals surface area contributed by atoms with Gasteiger partial charge in [-0.05, 0) is 18.6 Å². The van der Waals surface area contributed by atoms with Crippen LogP contribution in [0.25, 0.3) is 11.5 Å². The maximum atomic E-state index is 11.9. The number of hydrogen-bond acceptors (Lipinski definition) is 5. The monoisotopic (exact) mass is 328 g/mol. The minimum Gasteiger partial charge on any atom is -0.421 e. The summed E-state index contributed by atoms with van der Waals surface area (Å²) in [6, 6.07) is 9.80. The van der Waals surface area contributed by atoms with Crippen LogP contribution in [0.1, 0.15) is 25.7 Å². The molecule has 0 bridgehead atoms. The van der Waals surface area contributed by atoms with Gasteiger partial charge in [0.2, 0.25) is 17.7 Å². The van der Waals surface area contributed by atoms with Gasteiger partial charge in [-0.1, -0.05) is 25.1 Å². The molecule has 1 aliphatic heterocycles.